The molecule has 0 saturated carbocycles. The molecule has 0 radical (unpaired) electrons. The maximum absolute atomic E-state index is 14.9. The zero-order chi connectivity index (χ0) is 49.7. The van der Waals surface area contributed by atoms with E-state index in [0.29, 0.717) is 24.7 Å². The van der Waals surface area contributed by atoms with E-state index in [4.69, 9.17) is 28.3 Å². The lowest BCUT2D eigenvalue weighted by Crippen LogP contribution is -2.47. The largest absolute Gasteiger partial charge is 0.507 e. The number of allylic oxidation sites excluding steroid dienone is 2. The number of anilines is 2. The van der Waals surface area contributed by atoms with Gasteiger partial charge < -0.3 is 54.0 Å². The molecule has 4 heterocycles. The van der Waals surface area contributed by atoms with Gasteiger partial charge in [-0.15, -0.1) is 0 Å². The van der Waals surface area contributed by atoms with Crippen LogP contribution in [0.15, 0.2) is 62.3 Å². The predicted octanol–water partition coefficient (Wildman–Crippen LogP) is 5.34. The van der Waals surface area contributed by atoms with Gasteiger partial charge in [0.1, 0.15) is 28.8 Å². The number of piperazine rings is 1. The molecule has 4 aromatic rings. The van der Waals surface area contributed by atoms with Crippen molar-refractivity contribution >= 4 is 62.0 Å². The molecule has 366 valence electrons. The van der Waals surface area contributed by atoms with Crippen molar-refractivity contribution in [3.8, 4) is 11.5 Å². The van der Waals surface area contributed by atoms with E-state index in [1.54, 1.807) is 45.9 Å². The van der Waals surface area contributed by atoms with Gasteiger partial charge >= 0.3 is 11.8 Å². The fraction of sp³-hybridized carbons (Fsp3) is 0.510. The summed E-state index contributed by atoms with van der Waals surface area (Å²) in [5, 5.41) is 49.3. The third kappa shape index (κ3) is 9.28. The molecule has 4 bridgehead atoms. The monoisotopic (exact) mass is 940 g/mol. The molecule has 3 aliphatic rings. The number of rotatable bonds is 5. The molecule has 1 fully saturated rings. The number of nitrogens with one attached hydrogen (secondary N) is 1. The van der Waals surface area contributed by atoms with Gasteiger partial charge in [0.25, 0.3) is 5.91 Å². The number of aromatic hydroxyl groups is 1. The molecule has 17 nitrogen and oxygen atoms in total. The molecule has 0 unspecified atom stereocenters. The minimum absolute atomic E-state index is 0.0390. The van der Waals surface area contributed by atoms with E-state index < -0.39 is 88.1 Å². The third-order valence-corrected chi connectivity index (χ3v) is 13.8. The normalized spacial score (nSPS) is 27.8. The number of phenols is 1. The van der Waals surface area contributed by atoms with Crippen molar-refractivity contribution in [3.05, 3.63) is 79.5 Å². The van der Waals surface area contributed by atoms with Crippen LogP contribution in [0.1, 0.15) is 67.9 Å². The number of methoxy groups -OCH3 is 1. The number of hydrogen-bond donors (Lipinski definition) is 5. The molecular formula is C51H64N4O13. The Morgan fingerprint density at radius 3 is 2.29 bits per heavy atom. The smallest absolute Gasteiger partial charge is 0.307 e. The minimum atomic E-state index is -1.98. The summed E-state index contributed by atoms with van der Waals surface area (Å²) in [6.07, 6.45) is 3.57. The van der Waals surface area contributed by atoms with Crippen LogP contribution in [0.4, 0.5) is 11.4 Å². The number of fused-ring (bicyclic) bond motifs is 2. The van der Waals surface area contributed by atoms with Crippen LogP contribution in [-0.2, 0) is 23.8 Å². The lowest BCUT2D eigenvalue weighted by Gasteiger charge is -2.38. The van der Waals surface area contributed by atoms with Crippen molar-refractivity contribution in [2.45, 2.75) is 99.4 Å². The topological polar surface area (TPSA) is 231 Å². The van der Waals surface area contributed by atoms with Gasteiger partial charge in [-0.25, -0.2) is 4.98 Å². The first kappa shape index (κ1) is 49.9. The Morgan fingerprint density at radius 2 is 1.65 bits per heavy atom. The number of aromatic nitrogens is 1. The number of aliphatic hydroxyl groups excluding tert-OH is 3. The molecule has 7 rings (SSSR count). The summed E-state index contributed by atoms with van der Waals surface area (Å²) in [5.41, 5.74) is -1.35. The van der Waals surface area contributed by atoms with Crippen molar-refractivity contribution in [1.82, 2.24) is 9.88 Å². The summed E-state index contributed by atoms with van der Waals surface area (Å²) in [5.74, 6) is -6.43. The van der Waals surface area contributed by atoms with E-state index >= 15 is 0 Å². The molecule has 3 aliphatic heterocycles. The Kier molecular flexibility index (Phi) is 14.3. The number of nitrogens with zero attached hydrogens (tertiary/aromatic N) is 3. The van der Waals surface area contributed by atoms with Gasteiger partial charge in [-0.05, 0) is 25.8 Å². The molecule has 0 aliphatic carbocycles. The van der Waals surface area contributed by atoms with Crippen LogP contribution < -0.4 is 31.0 Å². The van der Waals surface area contributed by atoms with E-state index in [-0.39, 0.29) is 60.8 Å². The molecule has 3 aromatic carbocycles. The summed E-state index contributed by atoms with van der Waals surface area (Å²) >= 11 is 0. The highest BCUT2D eigenvalue weighted by Crippen LogP contribution is 2.42. The first-order valence-electron chi connectivity index (χ1n) is 23.2. The summed E-state index contributed by atoms with van der Waals surface area (Å²) in [6, 6.07) is 3.16. The summed E-state index contributed by atoms with van der Waals surface area (Å²) in [7, 11) is 1.45. The molecule has 0 spiro atoms. The van der Waals surface area contributed by atoms with Gasteiger partial charge in [-0.1, -0.05) is 59.8 Å². The number of benzene rings is 3. The molecule has 1 saturated heterocycles. The highest BCUT2D eigenvalue weighted by molar-refractivity contribution is 6.16. The van der Waals surface area contributed by atoms with Gasteiger partial charge in [-0.3, -0.25) is 24.1 Å². The summed E-state index contributed by atoms with van der Waals surface area (Å²) in [6.45, 7) is 20.8. The van der Waals surface area contributed by atoms with Crippen molar-refractivity contribution < 1.29 is 53.4 Å². The quantitative estimate of drug-likeness (QED) is 0.0966. The molecule has 1 amide bonds. The van der Waals surface area contributed by atoms with Crippen LogP contribution in [-0.4, -0.2) is 112 Å². The summed E-state index contributed by atoms with van der Waals surface area (Å²) < 4.78 is 30.5. The fourth-order valence-electron chi connectivity index (χ4n) is 9.76. The number of phenolic OH excluding ortho intramolecular Hbond substituents is 1. The zero-order valence-corrected chi connectivity index (χ0v) is 40.6. The highest BCUT2D eigenvalue weighted by atomic mass is 16.7. The molecule has 68 heavy (non-hydrogen) atoms. The van der Waals surface area contributed by atoms with Crippen molar-refractivity contribution in [2.24, 2.45) is 29.6 Å². The Labute approximate surface area is 394 Å². The van der Waals surface area contributed by atoms with Gasteiger partial charge in [0.15, 0.2) is 22.4 Å². The van der Waals surface area contributed by atoms with Gasteiger partial charge in [0.05, 0.1) is 35.2 Å². The first-order valence-corrected chi connectivity index (χ1v) is 23.2. The Balaban J connectivity index is 1.46. The molecule has 17 heteroatoms. The van der Waals surface area contributed by atoms with Crippen molar-refractivity contribution in [2.75, 3.05) is 50.1 Å². The average Bonchev–Trinajstić information content (AvgIpc) is 3.56. The van der Waals surface area contributed by atoms with Crippen LogP contribution in [0, 0.1) is 36.5 Å². The lowest BCUT2D eigenvalue weighted by molar-refractivity contribution is -0.160. The second-order valence-electron chi connectivity index (χ2n) is 19.2. The third-order valence-electron chi connectivity index (χ3n) is 13.8. The van der Waals surface area contributed by atoms with E-state index in [0.717, 1.165) is 19.6 Å². The number of carbonyl (C=O) groups is 2. The molecule has 5 N–H and O–H groups in total. The maximum Gasteiger partial charge on any atom is 0.307 e. The molecule has 9 atom stereocenters. The molecular weight excluding hydrogens is 877 g/mol. The van der Waals surface area contributed by atoms with Crippen LogP contribution in [0.5, 0.6) is 11.5 Å². The van der Waals surface area contributed by atoms with E-state index in [2.05, 4.69) is 29.0 Å². The zero-order valence-electron chi connectivity index (χ0n) is 40.6. The Hall–Kier alpha value is -6.01. The van der Waals surface area contributed by atoms with E-state index in [9.17, 15) is 39.6 Å². The number of carbonyl (C=O) groups excluding carboxylic acids is 2. The Morgan fingerprint density at radius 1 is 0.956 bits per heavy atom. The van der Waals surface area contributed by atoms with Gasteiger partial charge in [0, 0.05) is 112 Å². The number of hydrogen-bond acceptors (Lipinski definition) is 16. The number of ether oxygens (including phenoxy) is 4. The van der Waals surface area contributed by atoms with E-state index in [1.165, 1.54) is 59.3 Å². The number of esters is 1. The SMILES string of the molecule is CO[C@@H]1C=CO[C@@]2(C)Oc3c(C)c(O)c4c(=O)c(c5oc6cc(N7CCN(CC(C)C)CC7)cc(=O)c6nc5c4c3=C2O)NC(=O)C(C)=CC=C[C@H](C)[C@H](O)[C@@H](C)[C@@H](O)[C@@H](C)[C@H](OC(C)=O)[C@H]1C. The van der Waals surface area contributed by atoms with Crippen molar-refractivity contribution in [3.63, 3.8) is 0 Å². The maximum atomic E-state index is 14.9. The summed E-state index contributed by atoms with van der Waals surface area (Å²) in [4.78, 5) is 64.7. The lowest BCUT2D eigenvalue weighted by atomic mass is 9.78. The Bertz CT molecular complexity index is 2900. The van der Waals surface area contributed by atoms with Crippen LogP contribution in [0.3, 0.4) is 0 Å². The number of amides is 1. The highest BCUT2D eigenvalue weighted by Gasteiger charge is 2.44. The molecule has 1 aromatic heterocycles. The second kappa shape index (κ2) is 19.5. The number of aliphatic hydroxyl groups is 3. The van der Waals surface area contributed by atoms with Crippen LogP contribution in [0.2, 0.25) is 0 Å². The standard InChI is InChI=1S/C51H64N4O13/c1-24(2)23-54-16-18-55(19-17-54)32-21-33(57)39-35(22-32)67-48-40(52-39)36-37-44(60)30(8)47-38(36)49(62)51(10,68-47)65-20-15-34(64-11)27(5)46(66-31(9)56)29(7)43(59)28(6)42(58)25(3)13-12-14-26(4)50(63)53-41(48)45(37)61/h12-15,20-22,24-25,27-29,34,42-43,46,58-60,62H,16-19,23H2,1-11H3,(H,53,63)/t25-,27-,28+,29+,34+,42-,43+,46+,51-/m0/s1. The van der Waals surface area contributed by atoms with Gasteiger partial charge in [-0.2, -0.15) is 0 Å². The fourth-order valence-corrected chi connectivity index (χ4v) is 9.76. The first-order chi connectivity index (χ1) is 32.1. The predicted molar refractivity (Wildman–Crippen MR) is 259 cm³/mol. The average molecular weight is 941 g/mol. The van der Waals surface area contributed by atoms with Crippen LogP contribution >= 0.6 is 0 Å². The van der Waals surface area contributed by atoms with Gasteiger partial charge in [0.2, 0.25) is 10.9 Å². The van der Waals surface area contributed by atoms with Crippen LogP contribution in [0.25, 0.3) is 38.7 Å². The second-order valence-corrected chi connectivity index (χ2v) is 19.2. The van der Waals surface area contributed by atoms with Crippen molar-refractivity contribution in [1.29, 1.82) is 0 Å². The van der Waals surface area contributed by atoms with E-state index in [1.807, 2.05) is 0 Å². The minimum Gasteiger partial charge on any atom is -0.507 e.